The maximum absolute atomic E-state index is 6.08. The minimum Gasteiger partial charge on any atom is -0.467 e. The molecule has 0 aliphatic heterocycles. The van der Waals surface area contributed by atoms with Gasteiger partial charge in [0, 0.05) is 11.1 Å². The van der Waals surface area contributed by atoms with Crippen molar-refractivity contribution in [1.82, 2.24) is 0 Å². The second-order valence-electron chi connectivity index (χ2n) is 4.20. The number of furan rings is 1. The molecule has 0 amide bonds. The SMILES string of the molecule is CC(N)C(OCc1ccccc1Cl)c1ccco1. The fourth-order valence-corrected chi connectivity index (χ4v) is 1.93. The number of rotatable bonds is 5. The summed E-state index contributed by atoms with van der Waals surface area (Å²) in [6.07, 6.45) is 1.35. The van der Waals surface area contributed by atoms with Gasteiger partial charge in [-0.15, -0.1) is 0 Å². The molecule has 0 aliphatic carbocycles. The number of hydrogen-bond acceptors (Lipinski definition) is 3. The zero-order valence-corrected chi connectivity index (χ0v) is 10.9. The molecule has 1 aromatic carbocycles. The fraction of sp³-hybridized carbons (Fsp3) is 0.286. The molecule has 2 N–H and O–H groups in total. The molecule has 3 nitrogen and oxygen atoms in total. The van der Waals surface area contributed by atoms with Gasteiger partial charge in [-0.05, 0) is 30.7 Å². The van der Waals surface area contributed by atoms with Gasteiger partial charge in [0.25, 0.3) is 0 Å². The number of nitrogens with two attached hydrogens (primary N) is 1. The molecule has 2 aromatic rings. The predicted molar refractivity (Wildman–Crippen MR) is 71.3 cm³/mol. The number of halogens is 1. The van der Waals surface area contributed by atoms with E-state index in [-0.39, 0.29) is 12.1 Å². The first-order chi connectivity index (χ1) is 8.68. The highest BCUT2D eigenvalue weighted by atomic mass is 35.5. The van der Waals surface area contributed by atoms with Crippen LogP contribution in [0.1, 0.15) is 24.4 Å². The Balaban J connectivity index is 2.05. The summed E-state index contributed by atoms with van der Waals surface area (Å²) >= 11 is 6.08. The van der Waals surface area contributed by atoms with Crippen LogP contribution >= 0.6 is 11.6 Å². The van der Waals surface area contributed by atoms with Gasteiger partial charge < -0.3 is 14.9 Å². The molecule has 0 saturated heterocycles. The van der Waals surface area contributed by atoms with Crippen molar-refractivity contribution in [3.63, 3.8) is 0 Å². The van der Waals surface area contributed by atoms with Crippen LogP contribution < -0.4 is 5.73 Å². The molecule has 2 atom stereocenters. The molecule has 2 unspecified atom stereocenters. The van der Waals surface area contributed by atoms with Crippen LogP contribution in [0.3, 0.4) is 0 Å². The predicted octanol–water partition coefficient (Wildman–Crippen LogP) is 3.54. The minimum absolute atomic E-state index is 0.154. The largest absolute Gasteiger partial charge is 0.467 e. The summed E-state index contributed by atoms with van der Waals surface area (Å²) in [5, 5.41) is 0.695. The molecule has 2 rings (SSSR count). The minimum atomic E-state index is -0.267. The molecule has 0 spiro atoms. The highest BCUT2D eigenvalue weighted by Crippen LogP contribution is 2.24. The highest BCUT2D eigenvalue weighted by molar-refractivity contribution is 6.31. The normalized spacial score (nSPS) is 14.4. The van der Waals surface area contributed by atoms with E-state index in [1.54, 1.807) is 6.26 Å². The van der Waals surface area contributed by atoms with Gasteiger partial charge in [-0.25, -0.2) is 0 Å². The lowest BCUT2D eigenvalue weighted by Crippen LogP contribution is -2.26. The first-order valence-electron chi connectivity index (χ1n) is 5.82. The van der Waals surface area contributed by atoms with E-state index < -0.39 is 0 Å². The zero-order valence-electron chi connectivity index (χ0n) is 10.2. The molecule has 0 radical (unpaired) electrons. The van der Waals surface area contributed by atoms with E-state index in [1.807, 2.05) is 43.3 Å². The smallest absolute Gasteiger partial charge is 0.134 e. The van der Waals surface area contributed by atoms with Gasteiger partial charge in [-0.1, -0.05) is 29.8 Å². The van der Waals surface area contributed by atoms with Crippen LogP contribution in [0.2, 0.25) is 5.02 Å². The van der Waals surface area contributed by atoms with Crippen molar-refractivity contribution in [2.24, 2.45) is 5.73 Å². The lowest BCUT2D eigenvalue weighted by atomic mass is 10.1. The average Bonchev–Trinajstić information content (AvgIpc) is 2.85. The summed E-state index contributed by atoms with van der Waals surface area (Å²) in [6.45, 7) is 2.30. The summed E-state index contributed by atoms with van der Waals surface area (Å²) in [7, 11) is 0. The summed E-state index contributed by atoms with van der Waals surface area (Å²) < 4.78 is 11.1. The van der Waals surface area contributed by atoms with Crippen LogP contribution in [0.25, 0.3) is 0 Å². The van der Waals surface area contributed by atoms with E-state index in [0.717, 1.165) is 11.3 Å². The van der Waals surface area contributed by atoms with Gasteiger partial charge in [0.2, 0.25) is 0 Å². The third kappa shape index (κ3) is 3.13. The lowest BCUT2D eigenvalue weighted by Gasteiger charge is -2.19. The van der Waals surface area contributed by atoms with Crippen LogP contribution in [0.15, 0.2) is 47.1 Å². The maximum Gasteiger partial charge on any atom is 0.134 e. The molecule has 0 bridgehead atoms. The number of benzene rings is 1. The van der Waals surface area contributed by atoms with Gasteiger partial charge >= 0.3 is 0 Å². The Kier molecular flexibility index (Phi) is 4.42. The van der Waals surface area contributed by atoms with Crippen molar-refractivity contribution in [2.75, 3.05) is 0 Å². The molecule has 18 heavy (non-hydrogen) atoms. The van der Waals surface area contributed by atoms with E-state index >= 15 is 0 Å². The number of hydrogen-bond donors (Lipinski definition) is 1. The molecule has 0 aliphatic rings. The van der Waals surface area contributed by atoms with E-state index in [9.17, 15) is 0 Å². The van der Waals surface area contributed by atoms with Crippen molar-refractivity contribution in [3.05, 3.63) is 59.0 Å². The summed E-state index contributed by atoms with van der Waals surface area (Å²) in [4.78, 5) is 0. The van der Waals surface area contributed by atoms with Crippen molar-refractivity contribution < 1.29 is 9.15 Å². The standard InChI is InChI=1S/C14H16ClNO2/c1-10(16)14(13-7-4-8-17-13)18-9-11-5-2-3-6-12(11)15/h2-8,10,14H,9,16H2,1H3. The van der Waals surface area contributed by atoms with Gasteiger partial charge in [0.15, 0.2) is 0 Å². The van der Waals surface area contributed by atoms with Gasteiger partial charge in [-0.2, -0.15) is 0 Å². The first kappa shape index (κ1) is 13.1. The Morgan fingerprint density at radius 2 is 2.06 bits per heavy atom. The molecule has 4 heteroatoms. The Bertz CT molecular complexity index is 482. The van der Waals surface area contributed by atoms with Gasteiger partial charge in [-0.3, -0.25) is 0 Å². The first-order valence-corrected chi connectivity index (χ1v) is 6.20. The monoisotopic (exact) mass is 265 g/mol. The Morgan fingerprint density at radius 3 is 2.67 bits per heavy atom. The third-order valence-corrected chi connectivity index (χ3v) is 3.05. The zero-order chi connectivity index (χ0) is 13.0. The van der Waals surface area contributed by atoms with Crippen molar-refractivity contribution in [2.45, 2.75) is 25.7 Å². The van der Waals surface area contributed by atoms with Crippen LogP contribution in [-0.2, 0) is 11.3 Å². The topological polar surface area (TPSA) is 48.4 Å². The Labute approximate surface area is 111 Å². The molecule has 96 valence electrons. The fourth-order valence-electron chi connectivity index (χ4n) is 1.74. The Hall–Kier alpha value is -1.29. The van der Waals surface area contributed by atoms with Crippen LogP contribution in [0.5, 0.6) is 0 Å². The molecular formula is C14H16ClNO2. The van der Waals surface area contributed by atoms with Gasteiger partial charge in [0.1, 0.15) is 11.9 Å². The highest BCUT2D eigenvalue weighted by Gasteiger charge is 2.19. The lowest BCUT2D eigenvalue weighted by molar-refractivity contribution is 0.0120. The molecule has 0 saturated carbocycles. The summed E-state index contributed by atoms with van der Waals surface area (Å²) in [5.41, 5.74) is 6.85. The van der Waals surface area contributed by atoms with Crippen LogP contribution in [-0.4, -0.2) is 6.04 Å². The molecule has 0 fully saturated rings. The second-order valence-corrected chi connectivity index (χ2v) is 4.60. The average molecular weight is 266 g/mol. The van der Waals surface area contributed by atoms with E-state index in [2.05, 4.69) is 0 Å². The van der Waals surface area contributed by atoms with Gasteiger partial charge in [0.05, 0.1) is 12.9 Å². The summed E-state index contributed by atoms with van der Waals surface area (Å²) in [6, 6.07) is 11.1. The van der Waals surface area contributed by atoms with Crippen LogP contribution in [0, 0.1) is 0 Å². The maximum atomic E-state index is 6.08. The van der Waals surface area contributed by atoms with Crippen molar-refractivity contribution in [1.29, 1.82) is 0 Å². The van der Waals surface area contributed by atoms with E-state index in [0.29, 0.717) is 11.6 Å². The van der Waals surface area contributed by atoms with Crippen molar-refractivity contribution in [3.8, 4) is 0 Å². The van der Waals surface area contributed by atoms with E-state index in [1.165, 1.54) is 0 Å². The van der Waals surface area contributed by atoms with Crippen LogP contribution in [0.4, 0.5) is 0 Å². The molecular weight excluding hydrogens is 250 g/mol. The number of ether oxygens (including phenoxy) is 1. The van der Waals surface area contributed by atoms with E-state index in [4.69, 9.17) is 26.5 Å². The molecule has 1 heterocycles. The quantitative estimate of drug-likeness (QED) is 0.900. The van der Waals surface area contributed by atoms with Crippen molar-refractivity contribution >= 4 is 11.6 Å². The summed E-state index contributed by atoms with van der Waals surface area (Å²) in [5.74, 6) is 0.733. The molecule has 1 aromatic heterocycles. The third-order valence-electron chi connectivity index (χ3n) is 2.68. The Morgan fingerprint density at radius 1 is 1.28 bits per heavy atom. The second kappa shape index (κ2) is 6.05.